The van der Waals surface area contributed by atoms with E-state index < -0.39 is 12.2 Å². The molecule has 0 aliphatic heterocycles. The molecule has 0 saturated heterocycles. The van der Waals surface area contributed by atoms with Gasteiger partial charge in [-0.25, -0.2) is 0 Å². The van der Waals surface area contributed by atoms with Gasteiger partial charge in [0.05, 0.1) is 18.8 Å². The minimum absolute atomic E-state index is 0.348. The van der Waals surface area contributed by atoms with E-state index in [1.807, 2.05) is 12.1 Å². The maximum absolute atomic E-state index is 10.1. The van der Waals surface area contributed by atoms with Crippen molar-refractivity contribution >= 4 is 0 Å². The summed E-state index contributed by atoms with van der Waals surface area (Å²) in [5, 5.41) is 22.7. The van der Waals surface area contributed by atoms with Gasteiger partial charge < -0.3 is 20.3 Å². The Hall–Kier alpha value is -0.940. The van der Waals surface area contributed by atoms with Crippen molar-refractivity contribution in [3.05, 3.63) is 35.4 Å². The summed E-state index contributed by atoms with van der Waals surface area (Å²) in [6.45, 7) is 5.80. The largest absolute Gasteiger partial charge is 0.391 e. The molecule has 4 nitrogen and oxygen atoms in total. The molecule has 0 aromatic heterocycles. The summed E-state index contributed by atoms with van der Waals surface area (Å²) in [6, 6.07) is 8.07. The molecule has 2 atom stereocenters. The number of hydrogen-bond donors (Lipinski definition) is 3. The third-order valence-electron chi connectivity index (χ3n) is 3.34. The number of benzene rings is 1. The molecular formula is C16H27NO3. The molecule has 0 bridgehead atoms. The Morgan fingerprint density at radius 3 is 2.25 bits per heavy atom. The average molecular weight is 281 g/mol. The molecular weight excluding hydrogens is 254 g/mol. The summed E-state index contributed by atoms with van der Waals surface area (Å²) >= 11 is 0. The SMILES string of the molecule is COCC(O)CCNCC(O)c1ccc(C(C)C)cc1. The second-order valence-electron chi connectivity index (χ2n) is 5.44. The molecule has 0 radical (unpaired) electrons. The number of rotatable bonds is 9. The van der Waals surface area contributed by atoms with Crippen LogP contribution in [-0.2, 0) is 4.74 Å². The highest BCUT2D eigenvalue weighted by atomic mass is 16.5. The summed E-state index contributed by atoms with van der Waals surface area (Å²) in [5.74, 6) is 0.501. The predicted octanol–water partition coefficient (Wildman–Crippen LogP) is 1.83. The Kier molecular flexibility index (Phi) is 7.77. The maximum Gasteiger partial charge on any atom is 0.0914 e. The number of methoxy groups -OCH3 is 1. The molecule has 0 aliphatic carbocycles. The van der Waals surface area contributed by atoms with Gasteiger partial charge in [-0.15, -0.1) is 0 Å². The molecule has 1 rings (SSSR count). The standard InChI is InChI=1S/C16H27NO3/c1-12(2)13-4-6-14(7-5-13)16(19)10-17-9-8-15(18)11-20-3/h4-7,12,15-19H,8-11H2,1-3H3. The summed E-state index contributed by atoms with van der Waals surface area (Å²) < 4.78 is 4.85. The first-order valence-corrected chi connectivity index (χ1v) is 7.20. The minimum atomic E-state index is -0.518. The van der Waals surface area contributed by atoms with Crippen molar-refractivity contribution in [2.75, 3.05) is 26.8 Å². The van der Waals surface area contributed by atoms with E-state index in [1.54, 1.807) is 7.11 Å². The average Bonchev–Trinajstić information content (AvgIpc) is 2.43. The third kappa shape index (κ3) is 6.01. The van der Waals surface area contributed by atoms with E-state index in [1.165, 1.54) is 5.56 Å². The minimum Gasteiger partial charge on any atom is -0.391 e. The van der Waals surface area contributed by atoms with Crippen molar-refractivity contribution in [3.63, 3.8) is 0 Å². The molecule has 114 valence electrons. The van der Waals surface area contributed by atoms with Gasteiger partial charge in [-0.1, -0.05) is 38.1 Å². The van der Waals surface area contributed by atoms with Gasteiger partial charge in [-0.05, 0) is 30.0 Å². The zero-order valence-corrected chi connectivity index (χ0v) is 12.7. The number of aliphatic hydroxyl groups excluding tert-OH is 2. The Balaban J connectivity index is 2.30. The fourth-order valence-electron chi connectivity index (χ4n) is 2.00. The van der Waals surface area contributed by atoms with Gasteiger partial charge in [0.15, 0.2) is 0 Å². The van der Waals surface area contributed by atoms with E-state index in [2.05, 4.69) is 31.3 Å². The zero-order valence-electron chi connectivity index (χ0n) is 12.7. The van der Waals surface area contributed by atoms with E-state index in [4.69, 9.17) is 4.74 Å². The van der Waals surface area contributed by atoms with Crippen LogP contribution in [-0.4, -0.2) is 43.1 Å². The van der Waals surface area contributed by atoms with Crippen molar-refractivity contribution in [1.82, 2.24) is 5.32 Å². The first-order valence-electron chi connectivity index (χ1n) is 7.20. The van der Waals surface area contributed by atoms with Crippen molar-refractivity contribution in [3.8, 4) is 0 Å². The van der Waals surface area contributed by atoms with Crippen LogP contribution in [0.5, 0.6) is 0 Å². The van der Waals surface area contributed by atoms with Crippen molar-refractivity contribution < 1.29 is 14.9 Å². The van der Waals surface area contributed by atoms with Crippen LogP contribution in [0.1, 0.15) is 43.4 Å². The fraction of sp³-hybridized carbons (Fsp3) is 0.625. The Morgan fingerprint density at radius 1 is 1.10 bits per heavy atom. The Bertz CT molecular complexity index is 364. The lowest BCUT2D eigenvalue weighted by Crippen LogP contribution is -2.26. The predicted molar refractivity (Wildman–Crippen MR) is 80.9 cm³/mol. The van der Waals surface area contributed by atoms with Crippen LogP contribution in [0.25, 0.3) is 0 Å². The molecule has 20 heavy (non-hydrogen) atoms. The zero-order chi connectivity index (χ0) is 15.0. The fourth-order valence-corrected chi connectivity index (χ4v) is 2.00. The van der Waals surface area contributed by atoms with Crippen molar-refractivity contribution in [2.24, 2.45) is 0 Å². The molecule has 0 saturated carbocycles. The molecule has 1 aromatic rings. The maximum atomic E-state index is 10.1. The van der Waals surface area contributed by atoms with Gasteiger partial charge in [0.25, 0.3) is 0 Å². The van der Waals surface area contributed by atoms with Crippen LogP contribution in [0.15, 0.2) is 24.3 Å². The van der Waals surface area contributed by atoms with E-state index in [0.29, 0.717) is 32.0 Å². The lowest BCUT2D eigenvalue weighted by molar-refractivity contribution is 0.0586. The molecule has 3 N–H and O–H groups in total. The summed E-state index contributed by atoms with van der Waals surface area (Å²) in [4.78, 5) is 0. The first kappa shape index (κ1) is 17.1. The van der Waals surface area contributed by atoms with Crippen LogP contribution < -0.4 is 5.32 Å². The van der Waals surface area contributed by atoms with Crippen LogP contribution in [0.2, 0.25) is 0 Å². The van der Waals surface area contributed by atoms with E-state index in [0.717, 1.165) is 5.56 Å². The van der Waals surface area contributed by atoms with Crippen LogP contribution >= 0.6 is 0 Å². The van der Waals surface area contributed by atoms with Crippen molar-refractivity contribution in [1.29, 1.82) is 0 Å². The number of ether oxygens (including phenoxy) is 1. The molecule has 0 amide bonds. The van der Waals surface area contributed by atoms with Crippen molar-refractivity contribution in [2.45, 2.75) is 38.4 Å². The van der Waals surface area contributed by atoms with Crippen LogP contribution in [0.4, 0.5) is 0 Å². The summed E-state index contributed by atoms with van der Waals surface area (Å²) in [6.07, 6.45) is -0.349. The smallest absolute Gasteiger partial charge is 0.0914 e. The second-order valence-corrected chi connectivity index (χ2v) is 5.44. The van der Waals surface area contributed by atoms with Gasteiger partial charge in [-0.2, -0.15) is 0 Å². The van der Waals surface area contributed by atoms with Gasteiger partial charge in [0, 0.05) is 13.7 Å². The molecule has 0 spiro atoms. The quantitative estimate of drug-likeness (QED) is 0.604. The Labute approximate surface area is 121 Å². The molecule has 0 aliphatic rings. The molecule has 4 heteroatoms. The van der Waals surface area contributed by atoms with E-state index >= 15 is 0 Å². The number of nitrogens with one attached hydrogen (secondary N) is 1. The summed E-state index contributed by atoms with van der Waals surface area (Å²) in [5.41, 5.74) is 2.19. The highest BCUT2D eigenvalue weighted by Gasteiger charge is 2.08. The van der Waals surface area contributed by atoms with Crippen LogP contribution in [0, 0.1) is 0 Å². The normalized spacial score (nSPS) is 14.5. The topological polar surface area (TPSA) is 61.7 Å². The number of hydrogen-bond acceptors (Lipinski definition) is 4. The van der Waals surface area contributed by atoms with Gasteiger partial charge >= 0.3 is 0 Å². The van der Waals surface area contributed by atoms with E-state index in [9.17, 15) is 10.2 Å². The second kappa shape index (κ2) is 9.08. The molecule has 0 heterocycles. The highest BCUT2D eigenvalue weighted by molar-refractivity contribution is 5.26. The summed E-state index contributed by atoms with van der Waals surface area (Å²) in [7, 11) is 1.57. The highest BCUT2D eigenvalue weighted by Crippen LogP contribution is 2.18. The molecule has 0 fully saturated rings. The Morgan fingerprint density at radius 2 is 1.70 bits per heavy atom. The van der Waals surface area contributed by atoms with Gasteiger partial charge in [-0.3, -0.25) is 0 Å². The van der Waals surface area contributed by atoms with Gasteiger partial charge in [0.1, 0.15) is 0 Å². The van der Waals surface area contributed by atoms with E-state index in [-0.39, 0.29) is 0 Å². The first-order chi connectivity index (χ1) is 9.54. The lowest BCUT2D eigenvalue weighted by atomic mass is 10.00. The molecule has 2 unspecified atom stereocenters. The third-order valence-corrected chi connectivity index (χ3v) is 3.34. The van der Waals surface area contributed by atoms with Crippen LogP contribution in [0.3, 0.4) is 0 Å². The lowest BCUT2D eigenvalue weighted by Gasteiger charge is -2.15. The number of aliphatic hydroxyl groups is 2. The molecule has 1 aromatic carbocycles. The van der Waals surface area contributed by atoms with Gasteiger partial charge in [0.2, 0.25) is 0 Å². The monoisotopic (exact) mass is 281 g/mol.